The van der Waals surface area contributed by atoms with Gasteiger partial charge in [0.15, 0.2) is 0 Å². The Balaban J connectivity index is 1.69. The van der Waals surface area contributed by atoms with Gasteiger partial charge in [-0.15, -0.1) is 17.9 Å². The number of aliphatic hydroxyl groups excluding tert-OH is 1. The highest BCUT2D eigenvalue weighted by molar-refractivity contribution is 7.18. The molecule has 1 unspecified atom stereocenters. The highest BCUT2D eigenvalue weighted by Crippen LogP contribution is 2.47. The molecule has 2 aromatic rings. The van der Waals surface area contributed by atoms with E-state index >= 15 is 0 Å². The molecule has 0 saturated carbocycles. The van der Waals surface area contributed by atoms with E-state index in [2.05, 4.69) is 11.6 Å². The highest BCUT2D eigenvalue weighted by atomic mass is 32.1. The molecule has 1 aromatic heterocycles. The van der Waals surface area contributed by atoms with Crippen molar-refractivity contribution in [1.82, 2.24) is 4.98 Å². The molecule has 9 nitrogen and oxygen atoms in total. The van der Waals surface area contributed by atoms with E-state index in [4.69, 9.17) is 14.2 Å². The number of aromatic nitrogens is 1. The molecular weight excluding hydrogens is 546 g/mol. The molecule has 0 spiro atoms. The van der Waals surface area contributed by atoms with Crippen molar-refractivity contribution in [3.63, 3.8) is 0 Å². The molecule has 2 fully saturated rings. The largest absolute Gasteiger partial charge is 0.506 e. The molecule has 2 aliphatic heterocycles. The fourth-order valence-corrected chi connectivity index (χ4v) is 6.81. The fraction of sp³-hybridized carbons (Fsp3) is 0.613. The number of carboxylic acid groups (broad SMARTS) is 1. The minimum absolute atomic E-state index is 0.140. The van der Waals surface area contributed by atoms with Gasteiger partial charge in [0.1, 0.15) is 18.0 Å². The van der Waals surface area contributed by atoms with Crippen LogP contribution in [-0.2, 0) is 23.8 Å². The van der Waals surface area contributed by atoms with Crippen LogP contribution in [0.1, 0.15) is 82.9 Å². The number of hydrogen-bond acceptors (Lipinski definition) is 9. The van der Waals surface area contributed by atoms with Gasteiger partial charge in [-0.25, -0.2) is 9.78 Å². The Hall–Kier alpha value is -2.82. The molecule has 1 aromatic carbocycles. The van der Waals surface area contributed by atoms with Crippen LogP contribution in [-0.4, -0.2) is 57.0 Å². The first-order chi connectivity index (χ1) is 19.2. The minimum Gasteiger partial charge on any atom is -0.457 e. The van der Waals surface area contributed by atoms with Crippen LogP contribution < -0.4 is 0 Å². The summed E-state index contributed by atoms with van der Waals surface area (Å²) in [5.41, 5.74) is -0.231. The van der Waals surface area contributed by atoms with Crippen molar-refractivity contribution in [3.8, 4) is 0 Å². The Bertz CT molecular complexity index is 1300. The Morgan fingerprint density at radius 3 is 2.71 bits per heavy atom. The predicted molar refractivity (Wildman–Crippen MR) is 155 cm³/mol. The van der Waals surface area contributed by atoms with Crippen molar-refractivity contribution >= 4 is 39.5 Å². The molecule has 3 heterocycles. The number of epoxide rings is 1. The molecular formula is C31H41NO8S. The van der Waals surface area contributed by atoms with Gasteiger partial charge in [0, 0.05) is 12.3 Å². The van der Waals surface area contributed by atoms with Crippen molar-refractivity contribution in [3.05, 3.63) is 41.4 Å². The summed E-state index contributed by atoms with van der Waals surface area (Å²) >= 11 is 1.58. The molecule has 224 valence electrons. The number of thiazole rings is 1. The van der Waals surface area contributed by atoms with Gasteiger partial charge in [0.25, 0.3) is 0 Å². The number of aliphatic hydroxyl groups is 1. The van der Waals surface area contributed by atoms with Crippen LogP contribution in [0.4, 0.5) is 4.79 Å². The van der Waals surface area contributed by atoms with E-state index in [9.17, 15) is 24.6 Å². The van der Waals surface area contributed by atoms with E-state index in [1.54, 1.807) is 31.3 Å². The SMILES string of the molecule is C=CC[C@H]1C(=O)C(C)(C)[C@@H](OC(=O)O)CC(=O)O[C@H](c2ccc3sc(C)nc3c2)C[C@@H]2O[C@]2(C)CCC[C@H](C)C1O. The number of carbonyl (C=O) groups is 3. The van der Waals surface area contributed by atoms with Gasteiger partial charge in [-0.1, -0.05) is 25.5 Å². The molecule has 0 radical (unpaired) electrons. The lowest BCUT2D eigenvalue weighted by Crippen LogP contribution is -2.48. The first kappa shape index (κ1) is 31.1. The summed E-state index contributed by atoms with van der Waals surface area (Å²) in [6, 6.07) is 5.79. The molecule has 0 bridgehead atoms. The van der Waals surface area contributed by atoms with E-state index < -0.39 is 48.2 Å². The third kappa shape index (κ3) is 6.98. The third-order valence-electron chi connectivity index (χ3n) is 8.75. The number of nitrogens with zero attached hydrogens (tertiary/aromatic N) is 1. The van der Waals surface area contributed by atoms with E-state index in [1.165, 1.54) is 0 Å². The van der Waals surface area contributed by atoms with E-state index in [1.807, 2.05) is 39.0 Å². The van der Waals surface area contributed by atoms with Gasteiger partial charge >= 0.3 is 12.1 Å². The van der Waals surface area contributed by atoms with Crippen molar-refractivity contribution in [2.75, 3.05) is 0 Å². The van der Waals surface area contributed by atoms with Gasteiger partial charge in [-0.3, -0.25) is 9.59 Å². The topological polar surface area (TPSA) is 136 Å². The zero-order valence-corrected chi connectivity index (χ0v) is 25.2. The van der Waals surface area contributed by atoms with Gasteiger partial charge in [0.05, 0.1) is 44.9 Å². The predicted octanol–water partition coefficient (Wildman–Crippen LogP) is 6.16. The first-order valence-electron chi connectivity index (χ1n) is 14.2. The standard InChI is InChI=1S/C31H41NO8S/c1-7-9-20-27(34)17(2)10-8-13-31(6)25(40-31)15-22(19-11-12-23-21(14-19)32-18(3)41-23)38-26(33)16-24(39-29(36)37)30(4,5)28(20)35/h7,11-12,14,17,20,22,24-25,27,34H,1,8-10,13,15-16H2,2-6H3,(H,36,37)/t17-,20+,22-,24-,25-,27?,31+/m0/s1. The molecule has 4 rings (SSSR count). The molecule has 2 aliphatic rings. The molecule has 10 heteroatoms. The molecule has 0 aliphatic carbocycles. The van der Waals surface area contributed by atoms with Crippen molar-refractivity contribution < 1.29 is 38.8 Å². The average Bonchev–Trinajstić information content (AvgIpc) is 3.36. The van der Waals surface area contributed by atoms with Crippen LogP contribution in [0.3, 0.4) is 0 Å². The van der Waals surface area contributed by atoms with E-state index in [-0.39, 0.29) is 29.8 Å². The summed E-state index contributed by atoms with van der Waals surface area (Å²) in [5.74, 6) is -2.11. The maximum atomic E-state index is 13.9. The van der Waals surface area contributed by atoms with Crippen LogP contribution in [0, 0.1) is 24.2 Å². The van der Waals surface area contributed by atoms with Crippen LogP contribution >= 0.6 is 11.3 Å². The highest BCUT2D eigenvalue weighted by Gasteiger charge is 2.53. The number of cyclic esters (lactones) is 1. The second kappa shape index (κ2) is 12.2. The van der Waals surface area contributed by atoms with Gasteiger partial charge in [0.2, 0.25) is 0 Å². The van der Waals surface area contributed by atoms with Gasteiger partial charge in [-0.05, 0) is 70.6 Å². The minimum atomic E-state index is -1.60. The molecule has 2 saturated heterocycles. The number of ketones is 1. The summed E-state index contributed by atoms with van der Waals surface area (Å²) in [5, 5.41) is 21.7. The van der Waals surface area contributed by atoms with Crippen molar-refractivity contribution in [2.24, 2.45) is 17.3 Å². The number of fused-ring (bicyclic) bond motifs is 2. The number of Topliss-reactive ketones (excluding diaryl/α,β-unsaturated/α-hetero) is 1. The number of aryl methyl sites for hydroxylation is 1. The maximum Gasteiger partial charge on any atom is 0.506 e. The second-order valence-electron chi connectivity index (χ2n) is 12.2. The summed E-state index contributed by atoms with van der Waals surface area (Å²) in [6.45, 7) is 12.7. The number of allylic oxidation sites excluding steroid dienone is 1. The fourth-order valence-electron chi connectivity index (χ4n) is 6.00. The Labute approximate surface area is 244 Å². The Kier molecular flexibility index (Phi) is 9.26. The zero-order valence-electron chi connectivity index (χ0n) is 24.4. The summed E-state index contributed by atoms with van der Waals surface area (Å²) in [4.78, 5) is 43.5. The Morgan fingerprint density at radius 2 is 2.02 bits per heavy atom. The number of hydrogen-bond donors (Lipinski definition) is 2. The number of rotatable bonds is 4. The number of ether oxygens (including phenoxy) is 3. The van der Waals surface area contributed by atoms with E-state index in [0.29, 0.717) is 12.8 Å². The van der Waals surface area contributed by atoms with Gasteiger partial charge in [-0.2, -0.15) is 0 Å². The maximum absolute atomic E-state index is 13.9. The average molecular weight is 588 g/mol. The molecule has 7 atom stereocenters. The lowest BCUT2D eigenvalue weighted by Gasteiger charge is -2.37. The normalized spacial score (nSPS) is 33.0. The lowest BCUT2D eigenvalue weighted by atomic mass is 9.71. The van der Waals surface area contributed by atoms with Crippen LogP contribution in [0.15, 0.2) is 30.9 Å². The number of benzene rings is 1. The lowest BCUT2D eigenvalue weighted by molar-refractivity contribution is -0.157. The van der Waals surface area contributed by atoms with Gasteiger partial charge < -0.3 is 24.4 Å². The first-order valence-corrected chi connectivity index (χ1v) is 15.0. The van der Waals surface area contributed by atoms with Crippen molar-refractivity contribution in [1.29, 1.82) is 0 Å². The summed E-state index contributed by atoms with van der Waals surface area (Å²) in [6.07, 6.45) is -0.731. The number of esters is 1. The van der Waals surface area contributed by atoms with Crippen LogP contribution in [0.2, 0.25) is 0 Å². The van der Waals surface area contributed by atoms with Crippen molar-refractivity contribution in [2.45, 2.75) is 103 Å². The molecule has 2 N–H and O–H groups in total. The monoisotopic (exact) mass is 587 g/mol. The number of carbonyl (C=O) groups excluding carboxylic acids is 2. The van der Waals surface area contributed by atoms with Crippen LogP contribution in [0.25, 0.3) is 10.2 Å². The van der Waals surface area contributed by atoms with E-state index in [0.717, 1.165) is 33.6 Å². The molecule has 0 amide bonds. The summed E-state index contributed by atoms with van der Waals surface area (Å²) in [7, 11) is 0. The Morgan fingerprint density at radius 1 is 1.29 bits per heavy atom. The van der Waals surface area contributed by atoms with Crippen LogP contribution in [0.5, 0.6) is 0 Å². The third-order valence-corrected chi connectivity index (χ3v) is 9.70. The quantitative estimate of drug-likeness (QED) is 0.245. The summed E-state index contributed by atoms with van der Waals surface area (Å²) < 4.78 is 18.3. The second-order valence-corrected chi connectivity index (χ2v) is 13.5. The zero-order chi connectivity index (χ0) is 30.1. The molecule has 41 heavy (non-hydrogen) atoms. The smallest absolute Gasteiger partial charge is 0.457 e.